The van der Waals surface area contributed by atoms with Gasteiger partial charge in [-0.2, -0.15) is 0 Å². The second-order valence-electron chi connectivity index (χ2n) is 3.06. The zero-order chi connectivity index (χ0) is 11.7. The number of carboxylic acids is 1. The molecule has 84 valence electrons. The molecule has 0 radical (unpaired) electrons. The van der Waals surface area contributed by atoms with Crippen LogP contribution in [-0.2, 0) is 9.36 Å². The van der Waals surface area contributed by atoms with Gasteiger partial charge in [0, 0.05) is 0 Å². The summed E-state index contributed by atoms with van der Waals surface area (Å²) in [5.41, 5.74) is 0. The number of hydrogen-bond acceptors (Lipinski definition) is 2. The van der Waals surface area contributed by atoms with Crippen LogP contribution in [0, 0.1) is 0 Å². The van der Waals surface area contributed by atoms with E-state index in [2.05, 4.69) is 0 Å². The van der Waals surface area contributed by atoms with Gasteiger partial charge in [-0.15, -0.1) is 11.6 Å². The quantitative estimate of drug-likeness (QED) is 0.641. The first kappa shape index (κ1) is 13.1. The molecule has 3 nitrogen and oxygen atoms in total. The summed E-state index contributed by atoms with van der Waals surface area (Å²) in [6.07, 6.45) is 6.70. The third-order valence-electron chi connectivity index (χ3n) is 1.95. The van der Waals surface area contributed by atoms with Crippen molar-refractivity contribution in [2.24, 2.45) is 0 Å². The number of aliphatic carboxylic acids is 1. The molecule has 0 saturated heterocycles. The zero-order valence-electron chi connectivity index (χ0n) is 7.41. The Hall–Kier alpha value is 0.0500. The van der Waals surface area contributed by atoms with Crippen molar-refractivity contribution >= 4 is 48.6 Å². The second kappa shape index (κ2) is 4.50. The molecule has 1 aliphatic carbocycles. The molecular formula is C8H8Cl3O3P. The predicted molar refractivity (Wildman–Crippen MR) is 62.6 cm³/mol. The van der Waals surface area contributed by atoms with Crippen LogP contribution in [0.5, 0.6) is 0 Å². The van der Waals surface area contributed by atoms with Crippen LogP contribution >= 0.6 is 42.6 Å². The van der Waals surface area contributed by atoms with Crippen molar-refractivity contribution in [1.29, 1.82) is 0 Å². The molecule has 1 rings (SSSR count). The number of carbonyl (C=O) groups is 1. The Balaban J connectivity index is 2.99. The van der Waals surface area contributed by atoms with Crippen LogP contribution in [0.25, 0.3) is 0 Å². The second-order valence-corrected chi connectivity index (χ2v) is 8.32. The number of carboxylic acid groups (broad SMARTS) is 1. The van der Waals surface area contributed by atoms with Gasteiger partial charge in [-0.25, -0.2) is 4.79 Å². The first-order chi connectivity index (χ1) is 6.81. The maximum absolute atomic E-state index is 11.9. The molecule has 0 aromatic carbocycles. The molecule has 0 aromatic heterocycles. The van der Waals surface area contributed by atoms with E-state index in [1.54, 1.807) is 18.2 Å². The highest BCUT2D eigenvalue weighted by Gasteiger charge is 2.49. The van der Waals surface area contributed by atoms with Gasteiger partial charge in [0.05, 0.1) is 0 Å². The molecule has 0 amide bonds. The SMILES string of the molecule is O=C(O)C(Cl)(Cl)[PH](=O)C1(Cl)C=CC=CC1. The summed E-state index contributed by atoms with van der Waals surface area (Å²) in [6.45, 7) is 0. The van der Waals surface area contributed by atoms with Crippen LogP contribution in [0.1, 0.15) is 6.42 Å². The average molecular weight is 289 g/mol. The third kappa shape index (κ3) is 2.59. The molecule has 15 heavy (non-hydrogen) atoms. The maximum Gasteiger partial charge on any atom is 0.347 e. The van der Waals surface area contributed by atoms with Crippen LogP contribution in [0.2, 0.25) is 0 Å². The average Bonchev–Trinajstić information content (AvgIpc) is 2.17. The van der Waals surface area contributed by atoms with Crippen LogP contribution in [0.4, 0.5) is 0 Å². The topological polar surface area (TPSA) is 54.4 Å². The van der Waals surface area contributed by atoms with Gasteiger partial charge in [0.25, 0.3) is 4.07 Å². The fourth-order valence-electron chi connectivity index (χ4n) is 1.12. The van der Waals surface area contributed by atoms with Crippen molar-refractivity contribution in [3.05, 3.63) is 24.3 Å². The van der Waals surface area contributed by atoms with Crippen molar-refractivity contribution in [3.63, 3.8) is 0 Å². The molecule has 1 aliphatic rings. The smallest absolute Gasteiger partial charge is 0.347 e. The molecule has 1 N–H and O–H groups in total. The number of halogens is 3. The number of alkyl halides is 3. The van der Waals surface area contributed by atoms with Crippen molar-refractivity contribution in [2.75, 3.05) is 0 Å². The normalized spacial score (nSPS) is 27.7. The van der Waals surface area contributed by atoms with E-state index in [9.17, 15) is 9.36 Å². The van der Waals surface area contributed by atoms with E-state index in [1.165, 1.54) is 6.08 Å². The summed E-state index contributed by atoms with van der Waals surface area (Å²) in [5.74, 6) is -1.54. The molecule has 0 saturated carbocycles. The summed E-state index contributed by atoms with van der Waals surface area (Å²) in [4.78, 5) is 10.7. The molecule has 7 heteroatoms. The summed E-state index contributed by atoms with van der Waals surface area (Å²) >= 11 is 17.0. The standard InChI is InChI=1S/C8H8Cl3O3P/c9-7(4-2-1-3-5-7)15(14)8(10,11)6(12)13/h1-4,15H,5H2,(H,12,13). The van der Waals surface area contributed by atoms with Crippen molar-refractivity contribution in [2.45, 2.75) is 15.1 Å². The number of rotatable bonds is 3. The van der Waals surface area contributed by atoms with E-state index in [0.29, 0.717) is 0 Å². The van der Waals surface area contributed by atoms with E-state index in [-0.39, 0.29) is 6.42 Å². The number of hydrogen-bond donors (Lipinski definition) is 1. The fraction of sp³-hybridized carbons (Fsp3) is 0.375. The first-order valence-electron chi connectivity index (χ1n) is 4.00. The Labute approximate surface area is 102 Å². The highest BCUT2D eigenvalue weighted by Crippen LogP contribution is 2.60. The van der Waals surface area contributed by atoms with E-state index in [4.69, 9.17) is 39.9 Å². The van der Waals surface area contributed by atoms with E-state index >= 15 is 0 Å². The van der Waals surface area contributed by atoms with Gasteiger partial charge >= 0.3 is 5.97 Å². The van der Waals surface area contributed by atoms with Crippen LogP contribution < -0.4 is 0 Å². The summed E-state index contributed by atoms with van der Waals surface area (Å²) < 4.78 is 8.28. The lowest BCUT2D eigenvalue weighted by Gasteiger charge is -2.28. The van der Waals surface area contributed by atoms with Crippen molar-refractivity contribution < 1.29 is 14.5 Å². The largest absolute Gasteiger partial charge is 0.479 e. The molecule has 0 fully saturated rings. The molecule has 0 bridgehead atoms. The van der Waals surface area contributed by atoms with E-state index in [0.717, 1.165) is 0 Å². The van der Waals surface area contributed by atoms with Crippen LogP contribution in [0.15, 0.2) is 24.3 Å². The molecule has 0 heterocycles. The summed E-state index contributed by atoms with van der Waals surface area (Å²) in [7, 11) is -2.96. The molecule has 2 unspecified atom stereocenters. The predicted octanol–water partition coefficient (Wildman–Crippen LogP) is 3.21. The zero-order valence-corrected chi connectivity index (χ0v) is 10.7. The Morgan fingerprint density at radius 2 is 2.07 bits per heavy atom. The molecule has 0 spiro atoms. The van der Waals surface area contributed by atoms with Crippen molar-refractivity contribution in [1.82, 2.24) is 0 Å². The third-order valence-corrected chi connectivity index (χ3v) is 6.01. The monoisotopic (exact) mass is 288 g/mol. The minimum Gasteiger partial charge on any atom is -0.479 e. The first-order valence-corrected chi connectivity index (χ1v) is 6.54. The Morgan fingerprint density at radius 3 is 2.47 bits per heavy atom. The maximum atomic E-state index is 11.9. The fourth-order valence-corrected chi connectivity index (χ4v) is 4.28. The van der Waals surface area contributed by atoms with Gasteiger partial charge in [0.1, 0.15) is 12.4 Å². The van der Waals surface area contributed by atoms with E-state index in [1.807, 2.05) is 0 Å². The molecule has 2 atom stereocenters. The lowest BCUT2D eigenvalue weighted by molar-refractivity contribution is -0.135. The molecular weight excluding hydrogens is 281 g/mol. The van der Waals surface area contributed by atoms with E-state index < -0.39 is 22.5 Å². The highest BCUT2D eigenvalue weighted by atomic mass is 35.5. The van der Waals surface area contributed by atoms with Gasteiger partial charge in [0.2, 0.25) is 0 Å². The summed E-state index contributed by atoms with van der Waals surface area (Å²) in [6, 6.07) is 0. The van der Waals surface area contributed by atoms with Gasteiger partial charge in [-0.3, -0.25) is 0 Å². The van der Waals surface area contributed by atoms with Crippen LogP contribution in [-0.4, -0.2) is 19.8 Å². The molecule has 0 aliphatic heterocycles. The lowest BCUT2D eigenvalue weighted by Crippen LogP contribution is -2.29. The highest BCUT2D eigenvalue weighted by molar-refractivity contribution is 7.57. The Kier molecular flexibility index (Phi) is 3.94. The Bertz CT molecular complexity index is 364. The van der Waals surface area contributed by atoms with Crippen molar-refractivity contribution in [3.8, 4) is 0 Å². The van der Waals surface area contributed by atoms with Gasteiger partial charge in [-0.1, -0.05) is 47.5 Å². The van der Waals surface area contributed by atoms with Crippen LogP contribution in [0.3, 0.4) is 0 Å². The minimum atomic E-state index is -2.96. The summed E-state index contributed by atoms with van der Waals surface area (Å²) in [5, 5.41) is 8.72. The molecule has 0 aromatic rings. The van der Waals surface area contributed by atoms with Gasteiger partial charge in [-0.05, 0) is 6.42 Å². The Morgan fingerprint density at radius 1 is 1.47 bits per heavy atom. The van der Waals surface area contributed by atoms with Gasteiger partial charge in [0.15, 0.2) is 0 Å². The lowest BCUT2D eigenvalue weighted by atomic mass is 10.2. The minimum absolute atomic E-state index is 0.247. The number of allylic oxidation sites excluding steroid dienone is 4. The van der Waals surface area contributed by atoms with Gasteiger partial charge < -0.3 is 9.67 Å².